The van der Waals surface area contributed by atoms with Crippen molar-refractivity contribution in [3.8, 4) is 0 Å². The van der Waals surface area contributed by atoms with E-state index in [1.54, 1.807) is 0 Å². The third-order valence-electron chi connectivity index (χ3n) is 5.76. The summed E-state index contributed by atoms with van der Waals surface area (Å²) in [6, 6.07) is 7.64. The highest BCUT2D eigenvalue weighted by Gasteiger charge is 2.45. The van der Waals surface area contributed by atoms with Gasteiger partial charge in [0.1, 0.15) is 0 Å². The summed E-state index contributed by atoms with van der Waals surface area (Å²) in [5, 5.41) is 0.682. The molecule has 0 aromatic heterocycles. The molecule has 0 bridgehead atoms. The molecule has 5 heteroatoms. The molecular weight excluding hydrogens is 312 g/mol. The monoisotopic (exact) mass is 334 g/mol. The van der Waals surface area contributed by atoms with E-state index in [2.05, 4.69) is 4.90 Å². The first-order valence-corrected chi connectivity index (χ1v) is 8.94. The molecule has 3 aliphatic heterocycles. The lowest BCUT2D eigenvalue weighted by atomic mass is 9.80. The maximum Gasteiger partial charge on any atom is 0.244 e. The molecule has 3 fully saturated rings. The van der Waals surface area contributed by atoms with Gasteiger partial charge in [-0.2, -0.15) is 0 Å². The van der Waals surface area contributed by atoms with E-state index in [1.807, 2.05) is 29.2 Å². The first kappa shape index (κ1) is 15.4. The van der Waals surface area contributed by atoms with Crippen LogP contribution in [0, 0.1) is 5.41 Å². The number of likely N-dealkylation sites (tertiary alicyclic amines) is 1. The lowest BCUT2D eigenvalue weighted by Gasteiger charge is -2.34. The third-order valence-corrected chi connectivity index (χ3v) is 5.99. The summed E-state index contributed by atoms with van der Waals surface area (Å²) in [5.41, 5.74) is 1.31. The summed E-state index contributed by atoms with van der Waals surface area (Å²) in [6.07, 6.45) is 4.40. The Morgan fingerprint density at radius 1 is 1.17 bits per heavy atom. The van der Waals surface area contributed by atoms with Crippen molar-refractivity contribution in [2.45, 2.75) is 31.7 Å². The molecule has 0 saturated carbocycles. The van der Waals surface area contributed by atoms with Crippen LogP contribution in [0.25, 0.3) is 0 Å². The predicted octanol–water partition coefficient (Wildman–Crippen LogP) is 2.95. The molecule has 23 heavy (non-hydrogen) atoms. The zero-order chi connectivity index (χ0) is 15.9. The minimum absolute atomic E-state index is 0.0381. The Kier molecular flexibility index (Phi) is 4.08. The van der Waals surface area contributed by atoms with Gasteiger partial charge in [-0.15, -0.1) is 0 Å². The van der Waals surface area contributed by atoms with Crippen molar-refractivity contribution >= 4 is 23.2 Å². The van der Waals surface area contributed by atoms with Crippen LogP contribution >= 0.6 is 11.6 Å². The van der Waals surface area contributed by atoms with Crippen LogP contribution in [0.15, 0.2) is 24.3 Å². The van der Waals surface area contributed by atoms with Gasteiger partial charge in [0.25, 0.3) is 0 Å². The van der Waals surface area contributed by atoms with E-state index < -0.39 is 0 Å². The lowest BCUT2D eigenvalue weighted by Crippen LogP contribution is -2.42. The molecule has 1 aromatic rings. The van der Waals surface area contributed by atoms with Crippen molar-refractivity contribution in [3.63, 3.8) is 0 Å². The van der Waals surface area contributed by atoms with Crippen molar-refractivity contribution in [1.82, 2.24) is 4.90 Å². The second-order valence-electron chi connectivity index (χ2n) is 7.11. The number of carbonyl (C=O) groups is 1. The van der Waals surface area contributed by atoms with Gasteiger partial charge >= 0.3 is 0 Å². The highest BCUT2D eigenvalue weighted by Crippen LogP contribution is 2.41. The number of ether oxygens (including phenoxy) is 1. The summed E-state index contributed by atoms with van der Waals surface area (Å²) < 4.78 is 5.52. The maximum absolute atomic E-state index is 12.9. The van der Waals surface area contributed by atoms with Gasteiger partial charge in [-0.3, -0.25) is 9.69 Å². The number of hydrogen-bond donors (Lipinski definition) is 0. The number of carbonyl (C=O) groups excluding carboxylic acids is 1. The fourth-order valence-corrected chi connectivity index (χ4v) is 4.54. The van der Waals surface area contributed by atoms with E-state index in [1.165, 1.54) is 6.42 Å². The van der Waals surface area contributed by atoms with E-state index in [4.69, 9.17) is 16.3 Å². The Balaban J connectivity index is 1.46. The number of nitrogens with zero attached hydrogens (tertiary/aromatic N) is 2. The highest BCUT2D eigenvalue weighted by molar-refractivity contribution is 6.30. The predicted molar refractivity (Wildman–Crippen MR) is 90.9 cm³/mol. The Morgan fingerprint density at radius 2 is 2.00 bits per heavy atom. The molecule has 0 N–H and O–H groups in total. The van der Waals surface area contributed by atoms with Crippen molar-refractivity contribution in [2.75, 3.05) is 37.7 Å². The van der Waals surface area contributed by atoms with Crippen LogP contribution in [0.4, 0.5) is 5.69 Å². The molecule has 4 nitrogen and oxygen atoms in total. The molecule has 1 spiro atoms. The minimum atomic E-state index is 0.0381. The zero-order valence-electron chi connectivity index (χ0n) is 13.3. The molecule has 3 heterocycles. The smallest absolute Gasteiger partial charge is 0.244 e. The van der Waals surface area contributed by atoms with Gasteiger partial charge in [0.05, 0.1) is 6.04 Å². The quantitative estimate of drug-likeness (QED) is 0.833. The number of halogens is 1. The van der Waals surface area contributed by atoms with Gasteiger partial charge in [-0.05, 0) is 55.8 Å². The Labute approximate surface area is 142 Å². The van der Waals surface area contributed by atoms with Gasteiger partial charge in [0.2, 0.25) is 5.91 Å². The molecule has 3 saturated heterocycles. The molecule has 0 radical (unpaired) electrons. The molecule has 0 unspecified atom stereocenters. The second kappa shape index (κ2) is 6.08. The molecule has 124 valence electrons. The average molecular weight is 335 g/mol. The topological polar surface area (TPSA) is 32.8 Å². The fourth-order valence-electron chi connectivity index (χ4n) is 4.35. The Morgan fingerprint density at radius 3 is 2.78 bits per heavy atom. The molecular formula is C18H23ClN2O2. The van der Waals surface area contributed by atoms with Crippen LogP contribution in [-0.4, -0.2) is 49.7 Å². The average Bonchev–Trinajstić information content (AvgIpc) is 3.12. The molecule has 4 rings (SSSR count). The van der Waals surface area contributed by atoms with Crippen LogP contribution in [-0.2, 0) is 9.53 Å². The molecule has 3 aliphatic rings. The normalized spacial score (nSPS) is 28.0. The number of anilines is 1. The van der Waals surface area contributed by atoms with Crippen molar-refractivity contribution in [1.29, 1.82) is 0 Å². The van der Waals surface area contributed by atoms with Crippen LogP contribution in [0.3, 0.4) is 0 Å². The standard InChI is InChI=1S/C18H23ClN2O2/c19-14-2-1-3-15(12-14)21-8-4-16(17(21)22)20-9-5-18(13-20)6-10-23-11-7-18/h1-3,12,16H,4-11,13H2/t16-/m1/s1. The molecule has 1 amide bonds. The first-order valence-electron chi connectivity index (χ1n) is 8.56. The Hall–Kier alpha value is -1.10. The van der Waals surface area contributed by atoms with Crippen molar-refractivity contribution in [2.24, 2.45) is 5.41 Å². The van der Waals surface area contributed by atoms with Crippen molar-refractivity contribution in [3.05, 3.63) is 29.3 Å². The summed E-state index contributed by atoms with van der Waals surface area (Å²) in [4.78, 5) is 17.2. The summed E-state index contributed by atoms with van der Waals surface area (Å²) in [7, 11) is 0. The van der Waals surface area contributed by atoms with E-state index in [-0.39, 0.29) is 11.9 Å². The molecule has 1 aromatic carbocycles. The van der Waals surface area contributed by atoms with Gasteiger partial charge in [0, 0.05) is 37.0 Å². The third kappa shape index (κ3) is 2.88. The van der Waals surface area contributed by atoms with Crippen LogP contribution in [0.5, 0.6) is 0 Å². The van der Waals surface area contributed by atoms with Crippen LogP contribution in [0.2, 0.25) is 5.02 Å². The summed E-state index contributed by atoms with van der Waals surface area (Å²) >= 11 is 6.07. The molecule has 0 aliphatic carbocycles. The summed E-state index contributed by atoms with van der Waals surface area (Å²) in [6.45, 7) is 4.63. The van der Waals surface area contributed by atoms with Gasteiger partial charge in [0.15, 0.2) is 0 Å². The Bertz CT molecular complexity index is 600. The van der Waals surface area contributed by atoms with E-state index >= 15 is 0 Å². The minimum Gasteiger partial charge on any atom is -0.381 e. The fraction of sp³-hybridized carbons (Fsp3) is 0.611. The molecule has 1 atom stereocenters. The lowest BCUT2D eigenvalue weighted by molar-refractivity contribution is -0.121. The largest absolute Gasteiger partial charge is 0.381 e. The number of hydrogen-bond acceptors (Lipinski definition) is 3. The van der Waals surface area contributed by atoms with E-state index in [0.717, 1.165) is 57.8 Å². The van der Waals surface area contributed by atoms with Gasteiger partial charge in [-0.25, -0.2) is 0 Å². The maximum atomic E-state index is 12.9. The van der Waals surface area contributed by atoms with Gasteiger partial charge in [-0.1, -0.05) is 17.7 Å². The zero-order valence-corrected chi connectivity index (χ0v) is 14.1. The van der Waals surface area contributed by atoms with Crippen molar-refractivity contribution < 1.29 is 9.53 Å². The summed E-state index contributed by atoms with van der Waals surface area (Å²) in [5.74, 6) is 0.233. The highest BCUT2D eigenvalue weighted by atomic mass is 35.5. The van der Waals surface area contributed by atoms with Crippen LogP contribution in [0.1, 0.15) is 25.7 Å². The second-order valence-corrected chi connectivity index (χ2v) is 7.54. The van der Waals surface area contributed by atoms with E-state index in [9.17, 15) is 4.79 Å². The number of benzene rings is 1. The first-order chi connectivity index (χ1) is 11.2. The van der Waals surface area contributed by atoms with Crippen LogP contribution < -0.4 is 4.90 Å². The SMILES string of the molecule is O=C1[C@H](N2CCC3(CCOCC3)C2)CCN1c1cccc(Cl)c1. The number of rotatable bonds is 2. The van der Waals surface area contributed by atoms with E-state index in [0.29, 0.717) is 10.4 Å². The van der Waals surface area contributed by atoms with Gasteiger partial charge < -0.3 is 9.64 Å². The number of amides is 1.